The van der Waals surface area contributed by atoms with Crippen LogP contribution < -0.4 is 11.1 Å². The van der Waals surface area contributed by atoms with Crippen LogP contribution in [0.5, 0.6) is 0 Å². The summed E-state index contributed by atoms with van der Waals surface area (Å²) in [7, 11) is 0. The Morgan fingerprint density at radius 3 is 2.78 bits per heavy atom. The molecular formula is C17H24N4OS. The van der Waals surface area contributed by atoms with Gasteiger partial charge < -0.3 is 11.1 Å². The fourth-order valence-corrected chi connectivity index (χ4v) is 3.13. The van der Waals surface area contributed by atoms with Crippen LogP contribution in [0.15, 0.2) is 29.9 Å². The Morgan fingerprint density at radius 2 is 2.09 bits per heavy atom. The van der Waals surface area contributed by atoms with Gasteiger partial charge in [-0.1, -0.05) is 13.8 Å². The van der Waals surface area contributed by atoms with Gasteiger partial charge in [-0.05, 0) is 30.9 Å². The molecule has 0 unspecified atom stereocenters. The third kappa shape index (κ3) is 5.73. The van der Waals surface area contributed by atoms with E-state index in [1.165, 1.54) is 0 Å². The van der Waals surface area contributed by atoms with E-state index in [9.17, 15) is 4.79 Å². The number of thiazole rings is 1. The van der Waals surface area contributed by atoms with Crippen LogP contribution in [-0.2, 0) is 11.2 Å². The van der Waals surface area contributed by atoms with E-state index in [4.69, 9.17) is 5.73 Å². The van der Waals surface area contributed by atoms with Crippen LogP contribution in [0.3, 0.4) is 0 Å². The van der Waals surface area contributed by atoms with Gasteiger partial charge in [0.2, 0.25) is 5.91 Å². The molecule has 1 amide bonds. The summed E-state index contributed by atoms with van der Waals surface area (Å²) in [5, 5.41) is 6.04. The highest BCUT2D eigenvalue weighted by molar-refractivity contribution is 7.09. The second kappa shape index (κ2) is 8.74. The molecule has 0 bridgehead atoms. The van der Waals surface area contributed by atoms with E-state index in [-0.39, 0.29) is 5.91 Å². The Balaban J connectivity index is 1.73. The number of carbonyl (C=O) groups excluding carboxylic acids is 1. The molecule has 0 fully saturated rings. The molecule has 1 atom stereocenters. The van der Waals surface area contributed by atoms with Gasteiger partial charge >= 0.3 is 0 Å². The van der Waals surface area contributed by atoms with Crippen molar-refractivity contribution in [2.24, 2.45) is 11.7 Å². The van der Waals surface area contributed by atoms with Crippen molar-refractivity contribution < 1.29 is 4.79 Å². The number of aromatic nitrogens is 2. The van der Waals surface area contributed by atoms with Gasteiger partial charge in [0, 0.05) is 36.3 Å². The van der Waals surface area contributed by atoms with Gasteiger partial charge in [-0.2, -0.15) is 0 Å². The maximum Gasteiger partial charge on any atom is 0.236 e. The van der Waals surface area contributed by atoms with Crippen LogP contribution in [0.25, 0.3) is 11.3 Å². The minimum Gasteiger partial charge on any atom is -0.355 e. The second-order valence-electron chi connectivity index (χ2n) is 5.99. The van der Waals surface area contributed by atoms with Crippen LogP contribution in [0.2, 0.25) is 0 Å². The molecule has 2 aromatic rings. The average Bonchev–Trinajstić information content (AvgIpc) is 3.00. The Kier molecular flexibility index (Phi) is 6.67. The molecule has 0 saturated heterocycles. The highest BCUT2D eigenvalue weighted by Gasteiger charge is 2.14. The zero-order valence-electron chi connectivity index (χ0n) is 13.7. The first-order valence-corrected chi connectivity index (χ1v) is 8.82. The monoisotopic (exact) mass is 332 g/mol. The van der Waals surface area contributed by atoms with Crippen LogP contribution in [0, 0.1) is 5.92 Å². The summed E-state index contributed by atoms with van der Waals surface area (Å²) < 4.78 is 0. The Hall–Kier alpha value is -1.79. The number of nitrogens with one attached hydrogen (secondary N) is 1. The van der Waals surface area contributed by atoms with Crippen LogP contribution in [0.4, 0.5) is 0 Å². The maximum absolute atomic E-state index is 11.8. The van der Waals surface area contributed by atoms with E-state index in [0.29, 0.717) is 18.9 Å². The predicted molar refractivity (Wildman–Crippen MR) is 94.1 cm³/mol. The molecule has 0 aliphatic rings. The number of carbonyl (C=O) groups is 1. The number of rotatable bonds is 8. The topological polar surface area (TPSA) is 80.9 Å². The standard InChI is InChI=1S/C17H24N4OS/c1-12(2)10-14(18)17(22)20-7-3-4-16-21-15(11-23-16)13-5-8-19-9-6-13/h5-6,8-9,11-12,14H,3-4,7,10,18H2,1-2H3,(H,20,22)/t14-/m0/s1. The third-order valence-corrected chi connectivity index (χ3v) is 4.37. The SMILES string of the molecule is CC(C)C[C@H](N)C(=O)NCCCc1nc(-c2ccncc2)cs1. The summed E-state index contributed by atoms with van der Waals surface area (Å²) in [6, 6.07) is 3.50. The van der Waals surface area contributed by atoms with E-state index in [2.05, 4.69) is 34.5 Å². The largest absolute Gasteiger partial charge is 0.355 e. The van der Waals surface area contributed by atoms with E-state index in [1.807, 2.05) is 12.1 Å². The van der Waals surface area contributed by atoms with E-state index in [1.54, 1.807) is 23.7 Å². The molecule has 3 N–H and O–H groups in total. The Labute approximate surface area is 141 Å². The van der Waals surface area contributed by atoms with Crippen molar-refractivity contribution in [3.05, 3.63) is 34.9 Å². The highest BCUT2D eigenvalue weighted by Crippen LogP contribution is 2.21. The molecule has 0 saturated carbocycles. The molecule has 0 aliphatic heterocycles. The summed E-state index contributed by atoms with van der Waals surface area (Å²) in [4.78, 5) is 20.5. The first-order chi connectivity index (χ1) is 11.1. The van der Waals surface area contributed by atoms with Crippen LogP contribution in [-0.4, -0.2) is 28.5 Å². The normalized spacial score (nSPS) is 12.3. The zero-order valence-corrected chi connectivity index (χ0v) is 14.5. The van der Waals surface area contributed by atoms with Crippen LogP contribution >= 0.6 is 11.3 Å². The average molecular weight is 332 g/mol. The first kappa shape index (κ1) is 17.6. The van der Waals surface area contributed by atoms with Crippen molar-refractivity contribution in [3.8, 4) is 11.3 Å². The summed E-state index contributed by atoms with van der Waals surface area (Å²) in [6.07, 6.45) is 5.97. The molecule has 124 valence electrons. The summed E-state index contributed by atoms with van der Waals surface area (Å²) in [5.74, 6) is 0.369. The maximum atomic E-state index is 11.8. The number of amides is 1. The zero-order chi connectivity index (χ0) is 16.7. The van der Waals surface area contributed by atoms with Gasteiger partial charge in [0.1, 0.15) is 0 Å². The van der Waals surface area contributed by atoms with Gasteiger partial charge in [0.15, 0.2) is 0 Å². The number of nitrogens with zero attached hydrogens (tertiary/aromatic N) is 2. The number of nitrogens with two attached hydrogens (primary N) is 1. The third-order valence-electron chi connectivity index (χ3n) is 3.46. The number of hydrogen-bond acceptors (Lipinski definition) is 5. The minimum atomic E-state index is -0.409. The quantitative estimate of drug-likeness (QED) is 0.728. The lowest BCUT2D eigenvalue weighted by Crippen LogP contribution is -2.41. The molecule has 23 heavy (non-hydrogen) atoms. The molecule has 5 nitrogen and oxygen atoms in total. The van der Waals surface area contributed by atoms with Crippen molar-refractivity contribution >= 4 is 17.2 Å². The van der Waals surface area contributed by atoms with Gasteiger partial charge in [-0.3, -0.25) is 9.78 Å². The predicted octanol–water partition coefficient (Wildman–Crippen LogP) is 2.63. The number of pyridine rings is 1. The molecular weight excluding hydrogens is 308 g/mol. The molecule has 6 heteroatoms. The second-order valence-corrected chi connectivity index (χ2v) is 6.94. The van der Waals surface area contributed by atoms with Crippen molar-refractivity contribution in [2.45, 2.75) is 39.2 Å². The fraction of sp³-hybridized carbons (Fsp3) is 0.471. The highest BCUT2D eigenvalue weighted by atomic mass is 32.1. The molecule has 2 heterocycles. The Morgan fingerprint density at radius 1 is 1.35 bits per heavy atom. The lowest BCUT2D eigenvalue weighted by molar-refractivity contribution is -0.122. The molecule has 0 aliphatic carbocycles. The lowest BCUT2D eigenvalue weighted by Gasteiger charge is -2.13. The van der Waals surface area contributed by atoms with Gasteiger partial charge in [0.05, 0.1) is 16.7 Å². The first-order valence-electron chi connectivity index (χ1n) is 7.94. The summed E-state index contributed by atoms with van der Waals surface area (Å²) in [5.41, 5.74) is 7.91. The molecule has 2 aromatic heterocycles. The summed E-state index contributed by atoms with van der Waals surface area (Å²) >= 11 is 1.65. The van der Waals surface area contributed by atoms with Gasteiger partial charge in [0.25, 0.3) is 0 Å². The van der Waals surface area contributed by atoms with Crippen molar-refractivity contribution in [2.75, 3.05) is 6.54 Å². The minimum absolute atomic E-state index is 0.0599. The lowest BCUT2D eigenvalue weighted by atomic mass is 10.0. The fourth-order valence-electron chi connectivity index (χ4n) is 2.28. The van der Waals surface area contributed by atoms with Gasteiger partial charge in [-0.15, -0.1) is 11.3 Å². The van der Waals surface area contributed by atoms with Crippen molar-refractivity contribution in [1.82, 2.24) is 15.3 Å². The molecule has 0 radical (unpaired) electrons. The Bertz CT molecular complexity index is 612. The molecule has 2 rings (SSSR count). The van der Waals surface area contributed by atoms with Crippen LogP contribution in [0.1, 0.15) is 31.7 Å². The molecule has 0 spiro atoms. The van der Waals surface area contributed by atoms with Crippen molar-refractivity contribution in [1.29, 1.82) is 0 Å². The smallest absolute Gasteiger partial charge is 0.236 e. The van der Waals surface area contributed by atoms with E-state index >= 15 is 0 Å². The molecule has 0 aromatic carbocycles. The van der Waals surface area contributed by atoms with E-state index < -0.39 is 6.04 Å². The van der Waals surface area contributed by atoms with E-state index in [0.717, 1.165) is 29.1 Å². The van der Waals surface area contributed by atoms with Gasteiger partial charge in [-0.25, -0.2) is 4.98 Å². The number of hydrogen-bond donors (Lipinski definition) is 2. The number of aryl methyl sites for hydroxylation is 1. The summed E-state index contributed by atoms with van der Waals surface area (Å²) in [6.45, 7) is 4.76. The van der Waals surface area contributed by atoms with Crippen molar-refractivity contribution in [3.63, 3.8) is 0 Å².